The maximum atomic E-state index is 12.0. The van der Waals surface area contributed by atoms with E-state index in [0.717, 1.165) is 41.6 Å². The van der Waals surface area contributed by atoms with Gasteiger partial charge in [0.05, 0.1) is 6.20 Å². The van der Waals surface area contributed by atoms with E-state index in [9.17, 15) is 4.79 Å². The molecule has 1 aliphatic carbocycles. The largest absolute Gasteiger partial charge is 0.345 e. The van der Waals surface area contributed by atoms with Gasteiger partial charge in [0.25, 0.3) is 0 Å². The zero-order valence-electron chi connectivity index (χ0n) is 13.4. The number of nitrogens with zero attached hydrogens (tertiary/aromatic N) is 3. The smallest absolute Gasteiger partial charge is 0.222 e. The summed E-state index contributed by atoms with van der Waals surface area (Å²) < 4.78 is 1.90. The number of carbonyl (C=O) groups is 1. The molecule has 0 aliphatic heterocycles. The lowest BCUT2D eigenvalue weighted by molar-refractivity contribution is -0.130. The van der Waals surface area contributed by atoms with Crippen molar-refractivity contribution in [2.75, 3.05) is 13.6 Å². The Morgan fingerprint density at radius 2 is 2.04 bits per heavy atom. The van der Waals surface area contributed by atoms with Crippen LogP contribution in [0.4, 0.5) is 0 Å². The van der Waals surface area contributed by atoms with Crippen molar-refractivity contribution < 1.29 is 4.79 Å². The molecular formula is C18H22ClN3O. The fourth-order valence-electron chi connectivity index (χ4n) is 2.65. The quantitative estimate of drug-likeness (QED) is 0.772. The highest BCUT2D eigenvalue weighted by atomic mass is 35.5. The molecular weight excluding hydrogens is 310 g/mol. The first-order valence-electron chi connectivity index (χ1n) is 8.14. The maximum absolute atomic E-state index is 12.0. The van der Waals surface area contributed by atoms with Gasteiger partial charge >= 0.3 is 0 Å². The summed E-state index contributed by atoms with van der Waals surface area (Å²) in [6, 6.07) is 7.73. The van der Waals surface area contributed by atoms with E-state index < -0.39 is 0 Å². The summed E-state index contributed by atoms with van der Waals surface area (Å²) in [4.78, 5) is 13.9. The number of aryl methyl sites for hydroxylation is 1. The molecule has 1 heterocycles. The summed E-state index contributed by atoms with van der Waals surface area (Å²) in [6.45, 7) is 1.68. The highest BCUT2D eigenvalue weighted by Gasteiger charge is 2.24. The first-order valence-corrected chi connectivity index (χ1v) is 8.52. The number of amides is 1. The van der Waals surface area contributed by atoms with Gasteiger partial charge in [-0.1, -0.05) is 23.7 Å². The maximum Gasteiger partial charge on any atom is 0.222 e. The Labute approximate surface area is 142 Å². The van der Waals surface area contributed by atoms with E-state index in [1.54, 1.807) is 0 Å². The number of halogens is 1. The molecule has 4 nitrogen and oxygen atoms in total. The molecule has 1 amide bonds. The third kappa shape index (κ3) is 4.58. The lowest BCUT2D eigenvalue weighted by Gasteiger charge is -2.16. The molecule has 0 bridgehead atoms. The molecule has 0 atom stereocenters. The fourth-order valence-corrected chi connectivity index (χ4v) is 2.78. The van der Waals surface area contributed by atoms with Gasteiger partial charge in [-0.25, -0.2) is 0 Å². The van der Waals surface area contributed by atoms with E-state index in [2.05, 4.69) is 5.10 Å². The number of carbonyl (C=O) groups excluding carboxylic acids is 1. The minimum absolute atomic E-state index is 0.238. The summed E-state index contributed by atoms with van der Waals surface area (Å²) >= 11 is 5.91. The van der Waals surface area contributed by atoms with Crippen LogP contribution in [0, 0.1) is 5.92 Å². The normalized spacial score (nSPS) is 14.0. The Morgan fingerprint density at radius 1 is 1.30 bits per heavy atom. The molecule has 1 fully saturated rings. The molecule has 0 radical (unpaired) electrons. The summed E-state index contributed by atoms with van der Waals surface area (Å²) in [7, 11) is 1.91. The van der Waals surface area contributed by atoms with Crippen molar-refractivity contribution >= 4 is 17.5 Å². The van der Waals surface area contributed by atoms with Crippen LogP contribution in [-0.4, -0.2) is 34.2 Å². The van der Waals surface area contributed by atoms with Crippen molar-refractivity contribution in [1.82, 2.24) is 14.7 Å². The van der Waals surface area contributed by atoms with E-state index in [-0.39, 0.29) is 5.91 Å². The molecule has 23 heavy (non-hydrogen) atoms. The van der Waals surface area contributed by atoms with E-state index in [0.29, 0.717) is 6.42 Å². The van der Waals surface area contributed by atoms with Crippen molar-refractivity contribution in [1.29, 1.82) is 0 Å². The van der Waals surface area contributed by atoms with Gasteiger partial charge in [-0.05, 0) is 42.9 Å². The van der Waals surface area contributed by atoms with Crippen LogP contribution in [0.2, 0.25) is 5.02 Å². The van der Waals surface area contributed by atoms with Crippen LogP contribution in [0.25, 0.3) is 11.1 Å². The van der Waals surface area contributed by atoms with E-state index >= 15 is 0 Å². The second kappa shape index (κ2) is 7.18. The Bertz CT molecular complexity index is 661. The van der Waals surface area contributed by atoms with Gasteiger partial charge in [0.15, 0.2) is 0 Å². The van der Waals surface area contributed by atoms with Crippen LogP contribution in [0.3, 0.4) is 0 Å². The van der Waals surface area contributed by atoms with Gasteiger partial charge in [-0.3, -0.25) is 9.48 Å². The highest BCUT2D eigenvalue weighted by Crippen LogP contribution is 2.29. The Hall–Kier alpha value is -1.81. The third-order valence-electron chi connectivity index (χ3n) is 4.24. The van der Waals surface area contributed by atoms with Crippen LogP contribution in [0.5, 0.6) is 0 Å². The first-order chi connectivity index (χ1) is 11.1. The van der Waals surface area contributed by atoms with Crippen molar-refractivity contribution in [2.24, 2.45) is 5.92 Å². The summed E-state index contributed by atoms with van der Waals surface area (Å²) in [5.41, 5.74) is 2.17. The SMILES string of the molecule is CN(CC1CC1)C(=O)CCCn1cc(-c2ccc(Cl)cc2)cn1. The van der Waals surface area contributed by atoms with Gasteiger partial charge < -0.3 is 4.90 Å². The molecule has 1 aromatic heterocycles. The van der Waals surface area contributed by atoms with Gasteiger partial charge in [0.1, 0.15) is 0 Å². The Morgan fingerprint density at radius 3 is 2.74 bits per heavy atom. The highest BCUT2D eigenvalue weighted by molar-refractivity contribution is 6.30. The Balaban J connectivity index is 1.47. The Kier molecular flexibility index (Phi) is 5.01. The molecule has 122 valence electrons. The molecule has 2 aromatic rings. The first kappa shape index (κ1) is 16.1. The number of rotatable bonds is 7. The van der Waals surface area contributed by atoms with Crippen molar-refractivity contribution in [2.45, 2.75) is 32.2 Å². The summed E-state index contributed by atoms with van der Waals surface area (Å²) in [5.74, 6) is 0.985. The minimum Gasteiger partial charge on any atom is -0.345 e. The number of aromatic nitrogens is 2. The molecule has 5 heteroatoms. The van der Waals surface area contributed by atoms with Crippen molar-refractivity contribution in [3.05, 3.63) is 41.7 Å². The van der Waals surface area contributed by atoms with Crippen LogP contribution in [-0.2, 0) is 11.3 Å². The lowest BCUT2D eigenvalue weighted by Crippen LogP contribution is -2.28. The molecule has 0 unspecified atom stereocenters. The number of benzene rings is 1. The molecule has 0 saturated heterocycles. The van der Waals surface area contributed by atoms with Crippen LogP contribution < -0.4 is 0 Å². The van der Waals surface area contributed by atoms with Crippen molar-refractivity contribution in [3.63, 3.8) is 0 Å². The van der Waals surface area contributed by atoms with Crippen LogP contribution >= 0.6 is 11.6 Å². The lowest BCUT2D eigenvalue weighted by atomic mass is 10.1. The van der Waals surface area contributed by atoms with E-state index in [1.165, 1.54) is 12.8 Å². The standard InChI is InChI=1S/C18H22ClN3O/c1-21(12-14-4-5-14)18(23)3-2-10-22-13-16(11-20-22)15-6-8-17(19)9-7-15/h6-9,11,13-14H,2-5,10,12H2,1H3. The zero-order chi connectivity index (χ0) is 16.2. The summed E-state index contributed by atoms with van der Waals surface area (Å²) in [5, 5.41) is 5.11. The second-order valence-corrected chi connectivity index (χ2v) is 6.76. The number of hydrogen-bond donors (Lipinski definition) is 0. The molecule has 0 N–H and O–H groups in total. The molecule has 1 saturated carbocycles. The molecule has 3 rings (SSSR count). The van der Waals surface area contributed by atoms with Gasteiger partial charge in [0.2, 0.25) is 5.91 Å². The average Bonchev–Trinajstić information content (AvgIpc) is 3.23. The second-order valence-electron chi connectivity index (χ2n) is 6.32. The zero-order valence-corrected chi connectivity index (χ0v) is 14.2. The van der Waals surface area contributed by atoms with Crippen molar-refractivity contribution in [3.8, 4) is 11.1 Å². The van der Waals surface area contributed by atoms with E-state index in [4.69, 9.17) is 11.6 Å². The topological polar surface area (TPSA) is 38.1 Å². The molecule has 1 aliphatic rings. The van der Waals surface area contributed by atoms with E-state index in [1.807, 2.05) is 53.3 Å². The minimum atomic E-state index is 0.238. The fraction of sp³-hybridized carbons (Fsp3) is 0.444. The average molecular weight is 332 g/mol. The van der Waals surface area contributed by atoms with Crippen LogP contribution in [0.15, 0.2) is 36.7 Å². The molecule has 0 spiro atoms. The number of hydrogen-bond acceptors (Lipinski definition) is 2. The van der Waals surface area contributed by atoms with Gasteiger partial charge in [-0.2, -0.15) is 5.10 Å². The predicted molar refractivity (Wildman–Crippen MR) is 92.3 cm³/mol. The van der Waals surface area contributed by atoms with Gasteiger partial charge in [0, 0.05) is 43.3 Å². The van der Waals surface area contributed by atoms with Crippen LogP contribution in [0.1, 0.15) is 25.7 Å². The summed E-state index contributed by atoms with van der Waals surface area (Å²) in [6.07, 6.45) is 7.82. The molecule has 1 aromatic carbocycles. The van der Waals surface area contributed by atoms with Gasteiger partial charge in [-0.15, -0.1) is 0 Å². The predicted octanol–water partition coefficient (Wildman–Crippen LogP) is 3.85. The monoisotopic (exact) mass is 331 g/mol. The third-order valence-corrected chi connectivity index (χ3v) is 4.50.